The molecule has 0 radical (unpaired) electrons. The molecule has 0 unspecified atom stereocenters. The highest BCUT2D eigenvalue weighted by Crippen LogP contribution is 2.25. The quantitative estimate of drug-likeness (QED) is 0.638. The molecule has 6 nitrogen and oxygen atoms in total. The molecule has 152 valence electrons. The van der Waals surface area contributed by atoms with Gasteiger partial charge in [0.2, 0.25) is 15.9 Å². The lowest BCUT2D eigenvalue weighted by atomic mass is 10.0. The standard InChI is InChI=1S/C20H25BrN2O4S/c1-5-18(15-9-10-19(27-3)14(2)11-15)22-20(24)13-23(28(4,25)26)17-8-6-7-16(21)12-17/h6-12,18H,5,13H2,1-4H3,(H,22,24)/t18-/m1/s1. The summed E-state index contributed by atoms with van der Waals surface area (Å²) < 4.78 is 31.6. The van der Waals surface area contributed by atoms with Crippen LogP contribution in [0.4, 0.5) is 5.69 Å². The van der Waals surface area contributed by atoms with Gasteiger partial charge in [-0.2, -0.15) is 0 Å². The van der Waals surface area contributed by atoms with E-state index in [1.807, 2.05) is 32.0 Å². The lowest BCUT2D eigenvalue weighted by Gasteiger charge is -2.24. The molecule has 0 aromatic heterocycles. The maximum absolute atomic E-state index is 12.7. The van der Waals surface area contributed by atoms with Gasteiger partial charge >= 0.3 is 0 Å². The van der Waals surface area contributed by atoms with Crippen molar-refractivity contribution < 1.29 is 17.9 Å². The first-order valence-corrected chi connectivity index (χ1v) is 11.5. The van der Waals surface area contributed by atoms with Crippen LogP contribution in [0.3, 0.4) is 0 Å². The van der Waals surface area contributed by atoms with Crippen LogP contribution in [0.5, 0.6) is 5.75 Å². The first kappa shape index (κ1) is 22.2. The Hall–Kier alpha value is -2.06. The van der Waals surface area contributed by atoms with E-state index < -0.39 is 10.0 Å². The third-order valence-corrected chi connectivity index (χ3v) is 5.98. The molecule has 0 aliphatic heterocycles. The number of hydrogen-bond acceptors (Lipinski definition) is 4. The van der Waals surface area contributed by atoms with E-state index in [-0.39, 0.29) is 18.5 Å². The van der Waals surface area contributed by atoms with Crippen molar-refractivity contribution in [2.75, 3.05) is 24.2 Å². The van der Waals surface area contributed by atoms with Crippen molar-refractivity contribution >= 4 is 37.5 Å². The van der Waals surface area contributed by atoms with Gasteiger partial charge in [-0.3, -0.25) is 9.10 Å². The molecular weight excluding hydrogens is 444 g/mol. The van der Waals surface area contributed by atoms with E-state index in [0.29, 0.717) is 12.1 Å². The van der Waals surface area contributed by atoms with Crippen molar-refractivity contribution in [1.29, 1.82) is 0 Å². The Bertz CT molecular complexity index is 947. The van der Waals surface area contributed by atoms with Crippen LogP contribution in [0.25, 0.3) is 0 Å². The maximum Gasteiger partial charge on any atom is 0.241 e. The second-order valence-electron chi connectivity index (χ2n) is 6.51. The van der Waals surface area contributed by atoms with Gasteiger partial charge < -0.3 is 10.1 Å². The van der Waals surface area contributed by atoms with Gasteiger partial charge in [0.15, 0.2) is 0 Å². The second kappa shape index (κ2) is 9.43. The Morgan fingerprint density at radius 1 is 1.25 bits per heavy atom. The number of amides is 1. The van der Waals surface area contributed by atoms with Gasteiger partial charge in [0.25, 0.3) is 0 Å². The number of carbonyl (C=O) groups is 1. The minimum atomic E-state index is -3.62. The first-order valence-electron chi connectivity index (χ1n) is 8.83. The molecule has 28 heavy (non-hydrogen) atoms. The summed E-state index contributed by atoms with van der Waals surface area (Å²) in [7, 11) is -2.00. The van der Waals surface area contributed by atoms with Crippen LogP contribution < -0.4 is 14.4 Å². The topological polar surface area (TPSA) is 75.7 Å². The summed E-state index contributed by atoms with van der Waals surface area (Å²) in [5, 5.41) is 2.94. The molecule has 0 spiro atoms. The van der Waals surface area contributed by atoms with E-state index in [1.54, 1.807) is 31.4 Å². The largest absolute Gasteiger partial charge is 0.496 e. The summed E-state index contributed by atoms with van der Waals surface area (Å²) in [5.74, 6) is 0.411. The van der Waals surface area contributed by atoms with Gasteiger partial charge in [-0.1, -0.05) is 41.1 Å². The van der Waals surface area contributed by atoms with Crippen molar-refractivity contribution in [3.63, 3.8) is 0 Å². The predicted molar refractivity (Wildman–Crippen MR) is 115 cm³/mol. The molecule has 8 heteroatoms. The van der Waals surface area contributed by atoms with E-state index in [2.05, 4.69) is 21.2 Å². The van der Waals surface area contributed by atoms with Gasteiger partial charge in [0, 0.05) is 4.47 Å². The van der Waals surface area contributed by atoms with Gasteiger partial charge in [0.1, 0.15) is 12.3 Å². The number of nitrogens with zero attached hydrogens (tertiary/aromatic N) is 1. The smallest absolute Gasteiger partial charge is 0.241 e. The predicted octanol–water partition coefficient (Wildman–Crippen LogP) is 3.80. The van der Waals surface area contributed by atoms with Crippen LogP contribution in [0.1, 0.15) is 30.5 Å². The van der Waals surface area contributed by atoms with E-state index >= 15 is 0 Å². The Balaban J connectivity index is 2.20. The van der Waals surface area contributed by atoms with Gasteiger partial charge in [0.05, 0.1) is 25.1 Å². The zero-order chi connectivity index (χ0) is 20.9. The average molecular weight is 469 g/mol. The van der Waals surface area contributed by atoms with Crippen molar-refractivity contribution in [1.82, 2.24) is 5.32 Å². The monoisotopic (exact) mass is 468 g/mol. The number of halogens is 1. The number of rotatable bonds is 8. The molecule has 0 bridgehead atoms. The number of carbonyl (C=O) groups excluding carboxylic acids is 1. The highest BCUT2D eigenvalue weighted by molar-refractivity contribution is 9.10. The van der Waals surface area contributed by atoms with Gasteiger partial charge in [-0.15, -0.1) is 0 Å². The molecule has 1 amide bonds. The summed E-state index contributed by atoms with van der Waals surface area (Å²) in [6.45, 7) is 3.61. The molecule has 0 saturated carbocycles. The minimum absolute atomic E-state index is 0.221. The molecule has 0 heterocycles. The fourth-order valence-electron chi connectivity index (χ4n) is 2.94. The normalized spacial score (nSPS) is 12.3. The lowest BCUT2D eigenvalue weighted by molar-refractivity contribution is -0.120. The van der Waals surface area contributed by atoms with Crippen molar-refractivity contribution in [3.8, 4) is 5.75 Å². The molecule has 2 aromatic carbocycles. The van der Waals surface area contributed by atoms with Crippen LogP contribution in [-0.2, 0) is 14.8 Å². The maximum atomic E-state index is 12.7. The lowest BCUT2D eigenvalue weighted by Crippen LogP contribution is -2.41. The molecule has 0 fully saturated rings. The Labute approximate surface area is 175 Å². The molecule has 2 rings (SSSR count). The molecular formula is C20H25BrN2O4S. The molecule has 0 saturated heterocycles. The minimum Gasteiger partial charge on any atom is -0.496 e. The van der Waals surface area contributed by atoms with Gasteiger partial charge in [-0.05, 0) is 48.7 Å². The summed E-state index contributed by atoms with van der Waals surface area (Å²) in [6.07, 6.45) is 1.76. The number of methoxy groups -OCH3 is 1. The van der Waals surface area contributed by atoms with Crippen LogP contribution >= 0.6 is 15.9 Å². The van der Waals surface area contributed by atoms with Gasteiger partial charge in [-0.25, -0.2) is 8.42 Å². The van der Waals surface area contributed by atoms with Crippen LogP contribution in [0.15, 0.2) is 46.9 Å². The summed E-state index contributed by atoms with van der Waals surface area (Å²) in [6, 6.07) is 12.4. The third kappa shape index (κ3) is 5.72. The number of ether oxygens (including phenoxy) is 1. The Kier molecular flexibility index (Phi) is 7.48. The average Bonchev–Trinajstić information content (AvgIpc) is 2.63. The fraction of sp³-hybridized carbons (Fsp3) is 0.350. The van der Waals surface area contributed by atoms with E-state index in [4.69, 9.17) is 4.74 Å². The highest BCUT2D eigenvalue weighted by atomic mass is 79.9. The summed E-state index contributed by atoms with van der Waals surface area (Å²) >= 11 is 3.33. The zero-order valence-corrected chi connectivity index (χ0v) is 18.8. The fourth-order valence-corrected chi connectivity index (χ4v) is 4.18. The zero-order valence-electron chi connectivity index (χ0n) is 16.4. The molecule has 0 aliphatic carbocycles. The van der Waals surface area contributed by atoms with Crippen molar-refractivity contribution in [2.45, 2.75) is 26.3 Å². The van der Waals surface area contributed by atoms with E-state index in [9.17, 15) is 13.2 Å². The number of benzene rings is 2. The van der Waals surface area contributed by atoms with Crippen LogP contribution in [0, 0.1) is 6.92 Å². The molecule has 1 atom stereocenters. The third-order valence-electron chi connectivity index (χ3n) is 4.35. The number of aryl methyl sites for hydroxylation is 1. The van der Waals surface area contributed by atoms with Crippen LogP contribution in [0.2, 0.25) is 0 Å². The van der Waals surface area contributed by atoms with E-state index in [0.717, 1.165) is 31.9 Å². The Morgan fingerprint density at radius 2 is 1.96 bits per heavy atom. The van der Waals surface area contributed by atoms with Crippen molar-refractivity contribution in [3.05, 3.63) is 58.1 Å². The van der Waals surface area contributed by atoms with E-state index in [1.165, 1.54) is 0 Å². The molecule has 1 N–H and O–H groups in total. The Morgan fingerprint density at radius 3 is 2.50 bits per heavy atom. The molecule has 2 aromatic rings. The van der Waals surface area contributed by atoms with Crippen LogP contribution in [-0.4, -0.2) is 34.2 Å². The first-order chi connectivity index (χ1) is 13.2. The van der Waals surface area contributed by atoms with Crippen molar-refractivity contribution in [2.24, 2.45) is 0 Å². The number of nitrogens with one attached hydrogen (secondary N) is 1. The highest BCUT2D eigenvalue weighted by Gasteiger charge is 2.23. The number of hydrogen-bond donors (Lipinski definition) is 1. The SMILES string of the molecule is CC[C@@H](NC(=O)CN(c1cccc(Br)c1)S(C)(=O)=O)c1ccc(OC)c(C)c1. The summed E-state index contributed by atoms with van der Waals surface area (Å²) in [5.41, 5.74) is 2.35. The summed E-state index contributed by atoms with van der Waals surface area (Å²) in [4.78, 5) is 12.7. The second-order valence-corrected chi connectivity index (χ2v) is 9.33. The number of sulfonamides is 1. The number of anilines is 1. The molecule has 0 aliphatic rings.